The quantitative estimate of drug-likeness (QED) is 0.0231. The van der Waals surface area contributed by atoms with E-state index in [0.717, 1.165) is 38.8 Å². The van der Waals surface area contributed by atoms with Gasteiger partial charge in [0.1, 0.15) is 6.04 Å². The monoisotopic (exact) mass is 666 g/mol. The predicted octanol–water partition coefficient (Wildman–Crippen LogP) is 7.64. The van der Waals surface area contributed by atoms with E-state index in [1.54, 1.807) is 0 Å². The van der Waals surface area contributed by atoms with Gasteiger partial charge in [-0.2, -0.15) is 0 Å². The molecule has 0 heterocycles. The number of nitrogens with one attached hydrogen (secondary N) is 3. The van der Waals surface area contributed by atoms with E-state index in [2.05, 4.69) is 24.5 Å². The molecular formula is C38H79N7O2. The highest BCUT2D eigenvalue weighted by Crippen LogP contribution is 2.15. The minimum atomic E-state index is -0.773. The molecule has 0 fully saturated rings. The highest BCUT2D eigenvalue weighted by Gasteiger charge is 2.22. The van der Waals surface area contributed by atoms with Crippen LogP contribution in [0, 0.1) is 5.41 Å². The summed E-state index contributed by atoms with van der Waals surface area (Å²) in [6.07, 6.45) is 33.5. The van der Waals surface area contributed by atoms with E-state index in [0.29, 0.717) is 19.4 Å². The van der Waals surface area contributed by atoms with Crippen LogP contribution in [0.5, 0.6) is 0 Å². The molecule has 0 aliphatic heterocycles. The van der Waals surface area contributed by atoms with Gasteiger partial charge in [-0.05, 0) is 25.7 Å². The molecule has 9 heteroatoms. The van der Waals surface area contributed by atoms with Gasteiger partial charge in [0.15, 0.2) is 5.96 Å². The molecule has 0 saturated carbocycles. The van der Waals surface area contributed by atoms with Gasteiger partial charge in [-0.3, -0.25) is 15.0 Å². The van der Waals surface area contributed by atoms with Crippen molar-refractivity contribution in [2.75, 3.05) is 26.2 Å². The van der Waals surface area contributed by atoms with Crippen LogP contribution in [-0.4, -0.2) is 60.9 Å². The minimum absolute atomic E-state index is 0.0775. The molecule has 47 heavy (non-hydrogen) atoms. The van der Waals surface area contributed by atoms with Crippen molar-refractivity contribution in [1.29, 1.82) is 5.41 Å². The van der Waals surface area contributed by atoms with Gasteiger partial charge >= 0.3 is 0 Å². The second-order valence-corrected chi connectivity index (χ2v) is 13.9. The van der Waals surface area contributed by atoms with E-state index in [1.807, 2.05) is 4.90 Å². The number of amides is 2. The Morgan fingerprint density at radius 3 is 1.28 bits per heavy atom. The third-order valence-electron chi connectivity index (χ3n) is 9.28. The maximum absolute atomic E-state index is 13.4. The molecule has 9 N–H and O–H groups in total. The second-order valence-electron chi connectivity index (χ2n) is 13.9. The number of rotatable bonds is 35. The molecule has 2 amide bonds. The summed E-state index contributed by atoms with van der Waals surface area (Å²) in [7, 11) is 0. The molecule has 0 bridgehead atoms. The van der Waals surface area contributed by atoms with Crippen molar-refractivity contribution < 1.29 is 9.59 Å². The Morgan fingerprint density at radius 1 is 0.553 bits per heavy atom. The Morgan fingerprint density at radius 2 is 0.915 bits per heavy atom. The van der Waals surface area contributed by atoms with Gasteiger partial charge in [0.2, 0.25) is 11.8 Å². The summed E-state index contributed by atoms with van der Waals surface area (Å²) in [6.45, 7) is 6.58. The fourth-order valence-corrected chi connectivity index (χ4v) is 6.14. The van der Waals surface area contributed by atoms with Crippen LogP contribution in [0.1, 0.15) is 187 Å². The lowest BCUT2D eigenvalue weighted by atomic mass is 10.0. The normalized spacial score (nSPS) is 12.5. The molecular weight excluding hydrogens is 586 g/mol. The van der Waals surface area contributed by atoms with Crippen molar-refractivity contribution in [2.24, 2.45) is 17.2 Å². The van der Waals surface area contributed by atoms with Crippen molar-refractivity contribution in [3.8, 4) is 0 Å². The standard InChI is InChI=1S/C38H79N7O2/c1-3-5-7-9-11-13-15-16-17-19-21-23-25-27-32-45(31-26-24-22-20-18-14-12-10-8-6-4-2)37(47)35(40)33-44-36(46)34(39)29-28-30-43-38(41)42/h34-35H,3-33,39-40H2,1-2H3,(H,44,46)(H4,41,42,43). The fourth-order valence-electron chi connectivity index (χ4n) is 6.14. The lowest BCUT2D eigenvalue weighted by Crippen LogP contribution is -2.52. The van der Waals surface area contributed by atoms with Crippen LogP contribution >= 0.6 is 0 Å². The van der Waals surface area contributed by atoms with Crippen LogP contribution in [0.4, 0.5) is 0 Å². The van der Waals surface area contributed by atoms with Crippen molar-refractivity contribution in [2.45, 2.75) is 199 Å². The summed E-state index contributed by atoms with van der Waals surface area (Å²) in [5.74, 6) is -0.481. The first kappa shape index (κ1) is 45.1. The number of nitrogens with zero attached hydrogens (tertiary/aromatic N) is 1. The lowest BCUT2D eigenvalue weighted by molar-refractivity contribution is -0.133. The van der Waals surface area contributed by atoms with E-state index in [-0.39, 0.29) is 24.3 Å². The fraction of sp³-hybridized carbons (Fsp3) is 0.921. The minimum Gasteiger partial charge on any atom is -0.370 e. The van der Waals surface area contributed by atoms with E-state index >= 15 is 0 Å². The van der Waals surface area contributed by atoms with Crippen LogP contribution in [0.15, 0.2) is 0 Å². The van der Waals surface area contributed by atoms with Gasteiger partial charge < -0.3 is 32.7 Å². The molecule has 0 aliphatic rings. The van der Waals surface area contributed by atoms with Crippen molar-refractivity contribution >= 4 is 17.8 Å². The first-order chi connectivity index (χ1) is 22.8. The number of hydrogen-bond acceptors (Lipinski definition) is 5. The Labute approximate surface area is 290 Å². The summed E-state index contributed by atoms with van der Waals surface area (Å²) >= 11 is 0. The maximum Gasteiger partial charge on any atom is 0.241 e. The van der Waals surface area contributed by atoms with Crippen LogP contribution in [0.2, 0.25) is 0 Å². The summed E-state index contributed by atoms with van der Waals surface area (Å²) in [6, 6.07) is -1.46. The number of unbranched alkanes of at least 4 members (excludes halogenated alkanes) is 23. The molecule has 278 valence electrons. The number of carbonyl (C=O) groups is 2. The molecule has 0 rings (SSSR count). The van der Waals surface area contributed by atoms with Crippen LogP contribution < -0.4 is 27.8 Å². The first-order valence-corrected chi connectivity index (χ1v) is 20.0. The zero-order chi connectivity index (χ0) is 34.8. The second kappa shape index (κ2) is 34.0. The van der Waals surface area contributed by atoms with E-state index in [4.69, 9.17) is 22.6 Å². The molecule has 0 saturated heterocycles. The van der Waals surface area contributed by atoms with E-state index in [1.165, 1.54) is 135 Å². The van der Waals surface area contributed by atoms with Gasteiger partial charge in [0, 0.05) is 26.2 Å². The number of guanidine groups is 1. The average molecular weight is 666 g/mol. The number of hydrogen-bond donors (Lipinski definition) is 6. The molecule has 9 nitrogen and oxygen atoms in total. The zero-order valence-corrected chi connectivity index (χ0v) is 31.1. The molecule has 0 spiro atoms. The van der Waals surface area contributed by atoms with E-state index in [9.17, 15) is 9.59 Å². The molecule has 0 aliphatic carbocycles. The highest BCUT2D eigenvalue weighted by molar-refractivity contribution is 5.85. The smallest absolute Gasteiger partial charge is 0.241 e. The first-order valence-electron chi connectivity index (χ1n) is 20.0. The van der Waals surface area contributed by atoms with Crippen molar-refractivity contribution in [1.82, 2.24) is 15.5 Å². The van der Waals surface area contributed by atoms with Crippen LogP contribution in [0.3, 0.4) is 0 Å². The molecule has 0 aromatic rings. The van der Waals surface area contributed by atoms with Crippen LogP contribution in [0.25, 0.3) is 0 Å². The summed E-state index contributed by atoms with van der Waals surface area (Å²) in [5, 5.41) is 12.7. The highest BCUT2D eigenvalue weighted by atomic mass is 16.2. The summed E-state index contributed by atoms with van der Waals surface area (Å²) < 4.78 is 0. The molecule has 2 atom stereocenters. The largest absolute Gasteiger partial charge is 0.370 e. The molecule has 0 aromatic carbocycles. The maximum atomic E-state index is 13.4. The summed E-state index contributed by atoms with van der Waals surface area (Å²) in [5.41, 5.74) is 17.6. The SMILES string of the molecule is CCCCCCCCCCCCCCCCN(CCCCCCCCCCCCC)C(=O)C(N)CNC(=O)C(N)CCCNC(=N)N. The van der Waals surface area contributed by atoms with E-state index < -0.39 is 12.1 Å². The Bertz CT molecular complexity index is 737. The number of carbonyl (C=O) groups excluding carboxylic acids is 2. The predicted molar refractivity (Wildman–Crippen MR) is 201 cm³/mol. The number of nitrogens with two attached hydrogens (primary N) is 3. The Kier molecular flexibility index (Phi) is 32.7. The molecule has 0 radical (unpaired) electrons. The topological polar surface area (TPSA) is 163 Å². The van der Waals surface area contributed by atoms with Crippen LogP contribution in [-0.2, 0) is 9.59 Å². The lowest BCUT2D eigenvalue weighted by Gasteiger charge is -2.26. The third kappa shape index (κ3) is 30.0. The van der Waals surface area contributed by atoms with Crippen molar-refractivity contribution in [3.63, 3.8) is 0 Å². The zero-order valence-electron chi connectivity index (χ0n) is 31.1. The van der Waals surface area contributed by atoms with Crippen molar-refractivity contribution in [3.05, 3.63) is 0 Å². The van der Waals surface area contributed by atoms with Gasteiger partial charge in [-0.15, -0.1) is 0 Å². The Hall–Kier alpha value is -1.87. The third-order valence-corrected chi connectivity index (χ3v) is 9.28. The van der Waals surface area contributed by atoms with Gasteiger partial charge in [0.25, 0.3) is 0 Å². The van der Waals surface area contributed by atoms with Gasteiger partial charge in [-0.1, -0.05) is 162 Å². The molecule has 0 aromatic heterocycles. The van der Waals surface area contributed by atoms with Gasteiger partial charge in [0.05, 0.1) is 6.04 Å². The Balaban J connectivity index is 4.43. The van der Waals surface area contributed by atoms with Gasteiger partial charge in [-0.25, -0.2) is 0 Å². The molecule has 2 unspecified atom stereocenters. The average Bonchev–Trinajstić information content (AvgIpc) is 3.06. The summed E-state index contributed by atoms with van der Waals surface area (Å²) in [4.78, 5) is 27.8.